The average molecular weight is 211 g/mol. The van der Waals surface area contributed by atoms with E-state index in [0.717, 1.165) is 44.1 Å². The summed E-state index contributed by atoms with van der Waals surface area (Å²) in [4.78, 5) is 4.04. The standard InChI is InChI=1S/C11H21N3O/c1-3-5-12-6-4-7-13-8-11-10(2)14-9-15-11/h9,12-13H,3-8H2,1-2H3. The van der Waals surface area contributed by atoms with E-state index in [-0.39, 0.29) is 0 Å². The van der Waals surface area contributed by atoms with Gasteiger partial charge in [-0.05, 0) is 39.4 Å². The topological polar surface area (TPSA) is 50.1 Å². The molecule has 0 amide bonds. The second kappa shape index (κ2) is 7.43. The Hall–Kier alpha value is -0.870. The van der Waals surface area contributed by atoms with E-state index in [1.807, 2.05) is 6.92 Å². The molecule has 0 bridgehead atoms. The predicted octanol–water partition coefficient (Wildman–Crippen LogP) is 1.46. The van der Waals surface area contributed by atoms with E-state index < -0.39 is 0 Å². The molecule has 0 atom stereocenters. The van der Waals surface area contributed by atoms with Gasteiger partial charge in [-0.2, -0.15) is 0 Å². The maximum Gasteiger partial charge on any atom is 0.181 e. The number of aromatic nitrogens is 1. The van der Waals surface area contributed by atoms with Gasteiger partial charge in [-0.1, -0.05) is 6.92 Å². The molecule has 15 heavy (non-hydrogen) atoms. The first kappa shape index (κ1) is 12.2. The van der Waals surface area contributed by atoms with Crippen molar-refractivity contribution >= 4 is 0 Å². The maximum atomic E-state index is 5.22. The molecule has 4 nitrogen and oxygen atoms in total. The van der Waals surface area contributed by atoms with Gasteiger partial charge in [-0.15, -0.1) is 0 Å². The fourth-order valence-corrected chi connectivity index (χ4v) is 1.34. The van der Waals surface area contributed by atoms with Crippen LogP contribution in [-0.4, -0.2) is 24.6 Å². The molecule has 0 aliphatic carbocycles. The summed E-state index contributed by atoms with van der Waals surface area (Å²) in [5, 5.41) is 6.70. The van der Waals surface area contributed by atoms with Gasteiger partial charge in [0.1, 0.15) is 5.76 Å². The Morgan fingerprint density at radius 1 is 1.27 bits per heavy atom. The minimum Gasteiger partial charge on any atom is -0.447 e. The van der Waals surface area contributed by atoms with Crippen LogP contribution >= 0.6 is 0 Å². The van der Waals surface area contributed by atoms with Crippen molar-refractivity contribution in [1.82, 2.24) is 15.6 Å². The average Bonchev–Trinajstić information content (AvgIpc) is 2.63. The normalized spacial score (nSPS) is 10.8. The predicted molar refractivity (Wildman–Crippen MR) is 60.7 cm³/mol. The zero-order valence-electron chi connectivity index (χ0n) is 9.68. The van der Waals surface area contributed by atoms with E-state index in [0.29, 0.717) is 0 Å². The van der Waals surface area contributed by atoms with Crippen molar-refractivity contribution < 1.29 is 4.42 Å². The molecule has 0 saturated carbocycles. The summed E-state index contributed by atoms with van der Waals surface area (Å²) in [5.41, 5.74) is 0.978. The number of hydrogen-bond acceptors (Lipinski definition) is 4. The Labute approximate surface area is 91.5 Å². The largest absolute Gasteiger partial charge is 0.447 e. The highest BCUT2D eigenvalue weighted by atomic mass is 16.3. The number of aryl methyl sites for hydroxylation is 1. The van der Waals surface area contributed by atoms with E-state index in [4.69, 9.17) is 4.42 Å². The fourth-order valence-electron chi connectivity index (χ4n) is 1.34. The Morgan fingerprint density at radius 2 is 2.07 bits per heavy atom. The van der Waals surface area contributed by atoms with Crippen molar-refractivity contribution in [2.45, 2.75) is 33.2 Å². The van der Waals surface area contributed by atoms with Gasteiger partial charge in [-0.25, -0.2) is 4.98 Å². The minimum absolute atomic E-state index is 0.777. The zero-order chi connectivity index (χ0) is 10.9. The van der Waals surface area contributed by atoms with Gasteiger partial charge in [0.15, 0.2) is 6.39 Å². The smallest absolute Gasteiger partial charge is 0.181 e. The van der Waals surface area contributed by atoms with Gasteiger partial charge < -0.3 is 15.1 Å². The molecule has 0 radical (unpaired) electrons. The van der Waals surface area contributed by atoms with Crippen LogP contribution in [0, 0.1) is 6.92 Å². The van der Waals surface area contributed by atoms with Gasteiger partial charge in [0.25, 0.3) is 0 Å². The zero-order valence-corrected chi connectivity index (χ0v) is 9.68. The quantitative estimate of drug-likeness (QED) is 0.639. The summed E-state index contributed by atoms with van der Waals surface area (Å²) in [6.45, 7) is 8.12. The van der Waals surface area contributed by atoms with Crippen LogP contribution in [0.4, 0.5) is 0 Å². The summed E-state index contributed by atoms with van der Waals surface area (Å²) in [6.07, 6.45) is 3.84. The Balaban J connectivity index is 1.96. The molecule has 0 aliphatic heterocycles. The molecule has 0 spiro atoms. The molecule has 0 unspecified atom stereocenters. The monoisotopic (exact) mass is 211 g/mol. The summed E-state index contributed by atoms with van der Waals surface area (Å²) in [6, 6.07) is 0. The van der Waals surface area contributed by atoms with Crippen LogP contribution in [0.5, 0.6) is 0 Å². The van der Waals surface area contributed by atoms with Crippen LogP contribution < -0.4 is 10.6 Å². The van der Waals surface area contributed by atoms with Gasteiger partial charge in [0.2, 0.25) is 0 Å². The molecule has 86 valence electrons. The molecular formula is C11H21N3O. The lowest BCUT2D eigenvalue weighted by atomic mass is 10.3. The van der Waals surface area contributed by atoms with Gasteiger partial charge in [0, 0.05) is 0 Å². The third kappa shape index (κ3) is 4.95. The van der Waals surface area contributed by atoms with Crippen molar-refractivity contribution in [2.24, 2.45) is 0 Å². The van der Waals surface area contributed by atoms with E-state index in [2.05, 4.69) is 22.5 Å². The Bertz CT molecular complexity index is 260. The highest BCUT2D eigenvalue weighted by molar-refractivity contribution is 5.03. The van der Waals surface area contributed by atoms with Gasteiger partial charge >= 0.3 is 0 Å². The highest BCUT2D eigenvalue weighted by Crippen LogP contribution is 2.03. The molecule has 0 saturated heterocycles. The Morgan fingerprint density at radius 3 is 2.73 bits per heavy atom. The lowest BCUT2D eigenvalue weighted by molar-refractivity contribution is 0.473. The van der Waals surface area contributed by atoms with Crippen molar-refractivity contribution in [3.8, 4) is 0 Å². The number of nitrogens with zero attached hydrogens (tertiary/aromatic N) is 1. The summed E-state index contributed by atoms with van der Waals surface area (Å²) in [7, 11) is 0. The molecule has 0 aromatic carbocycles. The third-order valence-electron chi connectivity index (χ3n) is 2.26. The van der Waals surface area contributed by atoms with Crippen molar-refractivity contribution in [1.29, 1.82) is 0 Å². The van der Waals surface area contributed by atoms with Crippen LogP contribution in [-0.2, 0) is 6.54 Å². The first-order valence-electron chi connectivity index (χ1n) is 5.65. The molecule has 1 aromatic rings. The molecular weight excluding hydrogens is 190 g/mol. The van der Waals surface area contributed by atoms with E-state index in [1.165, 1.54) is 12.8 Å². The summed E-state index contributed by atoms with van der Waals surface area (Å²) < 4.78 is 5.22. The summed E-state index contributed by atoms with van der Waals surface area (Å²) >= 11 is 0. The minimum atomic E-state index is 0.777. The van der Waals surface area contributed by atoms with Crippen molar-refractivity contribution in [3.05, 3.63) is 17.8 Å². The van der Waals surface area contributed by atoms with Crippen LogP contribution in [0.3, 0.4) is 0 Å². The van der Waals surface area contributed by atoms with E-state index in [1.54, 1.807) is 0 Å². The SMILES string of the molecule is CCCNCCCNCc1ocnc1C. The maximum absolute atomic E-state index is 5.22. The molecule has 2 N–H and O–H groups in total. The third-order valence-corrected chi connectivity index (χ3v) is 2.26. The van der Waals surface area contributed by atoms with Crippen LogP contribution in [0.25, 0.3) is 0 Å². The van der Waals surface area contributed by atoms with E-state index in [9.17, 15) is 0 Å². The first-order chi connectivity index (χ1) is 7.34. The lowest BCUT2D eigenvalue weighted by Crippen LogP contribution is -2.22. The van der Waals surface area contributed by atoms with Gasteiger partial charge in [0.05, 0.1) is 12.2 Å². The fraction of sp³-hybridized carbons (Fsp3) is 0.727. The van der Waals surface area contributed by atoms with Gasteiger partial charge in [-0.3, -0.25) is 0 Å². The number of rotatable bonds is 8. The van der Waals surface area contributed by atoms with Crippen LogP contribution in [0.2, 0.25) is 0 Å². The molecule has 1 aromatic heterocycles. The molecule has 1 rings (SSSR count). The molecule has 4 heteroatoms. The first-order valence-corrected chi connectivity index (χ1v) is 5.65. The second-order valence-corrected chi connectivity index (χ2v) is 3.64. The number of oxazole rings is 1. The van der Waals surface area contributed by atoms with Crippen LogP contribution in [0.15, 0.2) is 10.8 Å². The Kier molecular flexibility index (Phi) is 6.04. The van der Waals surface area contributed by atoms with Crippen molar-refractivity contribution in [2.75, 3.05) is 19.6 Å². The lowest BCUT2D eigenvalue weighted by Gasteiger charge is -2.04. The second-order valence-electron chi connectivity index (χ2n) is 3.64. The van der Waals surface area contributed by atoms with E-state index >= 15 is 0 Å². The van der Waals surface area contributed by atoms with Crippen molar-refractivity contribution in [3.63, 3.8) is 0 Å². The molecule has 0 fully saturated rings. The molecule has 0 aliphatic rings. The summed E-state index contributed by atoms with van der Waals surface area (Å²) in [5.74, 6) is 0.941. The number of nitrogens with one attached hydrogen (secondary N) is 2. The molecule has 1 heterocycles. The van der Waals surface area contributed by atoms with Crippen LogP contribution in [0.1, 0.15) is 31.2 Å². The number of hydrogen-bond donors (Lipinski definition) is 2. The highest BCUT2D eigenvalue weighted by Gasteiger charge is 2.01.